The zero-order chi connectivity index (χ0) is 23.1. The van der Waals surface area contributed by atoms with Gasteiger partial charge in [-0.1, -0.05) is 38.5 Å². The number of piperidine rings is 1. The molecule has 0 spiro atoms. The van der Waals surface area contributed by atoms with E-state index in [9.17, 15) is 13.2 Å². The highest BCUT2D eigenvalue weighted by molar-refractivity contribution is 7.89. The lowest BCUT2D eigenvalue weighted by molar-refractivity contribution is -0.125. The van der Waals surface area contributed by atoms with Crippen LogP contribution < -0.4 is 10.2 Å². The summed E-state index contributed by atoms with van der Waals surface area (Å²) >= 11 is 0. The van der Waals surface area contributed by atoms with Crippen molar-refractivity contribution in [1.29, 1.82) is 0 Å². The van der Waals surface area contributed by atoms with Gasteiger partial charge in [0.2, 0.25) is 15.9 Å². The molecule has 1 unspecified atom stereocenters. The van der Waals surface area contributed by atoms with Crippen LogP contribution in [-0.4, -0.2) is 69.0 Å². The molecule has 3 fully saturated rings. The lowest BCUT2D eigenvalue weighted by atomic mass is 9.90. The lowest BCUT2D eigenvalue weighted by Crippen LogP contribution is -2.50. The molecule has 3 aliphatic rings. The molecule has 2 aliphatic heterocycles. The molecule has 2 saturated heterocycles. The van der Waals surface area contributed by atoms with E-state index in [2.05, 4.69) is 15.2 Å². The minimum absolute atomic E-state index is 0.0656. The van der Waals surface area contributed by atoms with E-state index in [-0.39, 0.29) is 22.8 Å². The van der Waals surface area contributed by atoms with Gasteiger partial charge in [-0.3, -0.25) is 4.79 Å². The maximum Gasteiger partial charge on any atom is 0.244 e. The zero-order valence-electron chi connectivity index (χ0n) is 19.6. The van der Waals surface area contributed by atoms with Gasteiger partial charge in [0, 0.05) is 44.3 Å². The van der Waals surface area contributed by atoms with Crippen LogP contribution in [0.3, 0.4) is 0 Å². The minimum atomic E-state index is -3.67. The van der Waals surface area contributed by atoms with Gasteiger partial charge in [0.1, 0.15) is 10.7 Å². The zero-order valence-corrected chi connectivity index (χ0v) is 20.4. The molecule has 33 heavy (non-hydrogen) atoms. The van der Waals surface area contributed by atoms with Crippen LogP contribution >= 0.6 is 0 Å². The summed E-state index contributed by atoms with van der Waals surface area (Å²) in [5, 5.41) is 3.10. The number of morpholine rings is 1. The van der Waals surface area contributed by atoms with Crippen LogP contribution in [0.15, 0.2) is 23.2 Å². The number of amides is 1. The SMILES string of the molecule is O=C(NCC1CCCCN1S(=O)(=O)c1ccc(N2CCOCC2)nc1)C1CCCCCCC1. The highest BCUT2D eigenvalue weighted by Crippen LogP contribution is 2.27. The number of pyridine rings is 1. The molecule has 0 radical (unpaired) electrons. The number of aromatic nitrogens is 1. The topological polar surface area (TPSA) is 91.8 Å². The molecule has 0 aromatic carbocycles. The third-order valence-corrected chi connectivity index (χ3v) is 9.16. The molecule has 3 heterocycles. The van der Waals surface area contributed by atoms with Gasteiger partial charge in [0.05, 0.1) is 13.2 Å². The maximum absolute atomic E-state index is 13.5. The Morgan fingerprint density at radius 1 is 0.970 bits per heavy atom. The van der Waals surface area contributed by atoms with Crippen LogP contribution in [0, 0.1) is 5.92 Å². The van der Waals surface area contributed by atoms with Crippen LogP contribution in [0.5, 0.6) is 0 Å². The fraction of sp³-hybridized carbons (Fsp3) is 0.750. The van der Waals surface area contributed by atoms with Gasteiger partial charge in [0.25, 0.3) is 0 Å². The highest BCUT2D eigenvalue weighted by Gasteiger charge is 2.34. The van der Waals surface area contributed by atoms with Gasteiger partial charge in [-0.15, -0.1) is 0 Å². The number of nitrogens with one attached hydrogen (secondary N) is 1. The van der Waals surface area contributed by atoms with Crippen molar-refractivity contribution in [3.63, 3.8) is 0 Å². The van der Waals surface area contributed by atoms with E-state index < -0.39 is 10.0 Å². The van der Waals surface area contributed by atoms with E-state index in [0.29, 0.717) is 26.3 Å². The second kappa shape index (κ2) is 11.6. The number of ether oxygens (including phenoxy) is 1. The van der Waals surface area contributed by atoms with Crippen molar-refractivity contribution >= 4 is 21.7 Å². The number of rotatable bonds is 6. The Labute approximate surface area is 198 Å². The predicted molar refractivity (Wildman–Crippen MR) is 128 cm³/mol. The number of hydrogen-bond donors (Lipinski definition) is 1. The van der Waals surface area contributed by atoms with E-state index in [1.807, 2.05) is 0 Å². The van der Waals surface area contributed by atoms with Crippen LogP contribution in [0.25, 0.3) is 0 Å². The molecule has 1 aromatic heterocycles. The molecule has 0 bridgehead atoms. The molecule has 1 aliphatic carbocycles. The Morgan fingerprint density at radius 3 is 2.36 bits per heavy atom. The molecular weight excluding hydrogens is 440 g/mol. The van der Waals surface area contributed by atoms with Crippen molar-refractivity contribution in [2.75, 3.05) is 44.3 Å². The van der Waals surface area contributed by atoms with E-state index in [1.165, 1.54) is 25.5 Å². The summed E-state index contributed by atoms with van der Waals surface area (Å²) < 4.78 is 33.9. The first kappa shape index (κ1) is 24.4. The van der Waals surface area contributed by atoms with Gasteiger partial charge in [-0.2, -0.15) is 4.31 Å². The van der Waals surface area contributed by atoms with Crippen LogP contribution in [0.4, 0.5) is 5.82 Å². The number of nitrogens with zero attached hydrogens (tertiary/aromatic N) is 3. The summed E-state index contributed by atoms with van der Waals surface area (Å²) in [7, 11) is -3.67. The van der Waals surface area contributed by atoms with E-state index in [4.69, 9.17) is 4.74 Å². The summed E-state index contributed by atoms with van der Waals surface area (Å²) in [5.74, 6) is 0.936. The fourth-order valence-electron chi connectivity index (χ4n) is 5.22. The highest BCUT2D eigenvalue weighted by atomic mass is 32.2. The van der Waals surface area contributed by atoms with E-state index >= 15 is 0 Å². The molecule has 1 N–H and O–H groups in total. The Kier molecular flexibility index (Phi) is 8.60. The quantitative estimate of drug-likeness (QED) is 0.676. The number of sulfonamides is 1. The first-order chi connectivity index (χ1) is 16.1. The van der Waals surface area contributed by atoms with Gasteiger partial charge >= 0.3 is 0 Å². The Bertz CT molecular complexity index is 863. The van der Waals surface area contributed by atoms with Crippen molar-refractivity contribution in [3.05, 3.63) is 18.3 Å². The average Bonchev–Trinajstić information content (AvgIpc) is 2.83. The number of hydrogen-bond acceptors (Lipinski definition) is 6. The predicted octanol–water partition coefficient (Wildman–Crippen LogP) is 2.94. The summed E-state index contributed by atoms with van der Waals surface area (Å²) in [4.78, 5) is 19.6. The minimum Gasteiger partial charge on any atom is -0.378 e. The number of carbonyl (C=O) groups is 1. The summed E-state index contributed by atoms with van der Waals surface area (Å²) in [6, 6.07) is 3.24. The van der Waals surface area contributed by atoms with Gasteiger partial charge < -0.3 is 15.0 Å². The second-order valence-corrected chi connectivity index (χ2v) is 11.4. The van der Waals surface area contributed by atoms with Gasteiger partial charge in [-0.05, 0) is 37.8 Å². The van der Waals surface area contributed by atoms with Crippen LogP contribution in [-0.2, 0) is 19.6 Å². The maximum atomic E-state index is 13.5. The molecule has 8 nitrogen and oxygen atoms in total. The summed E-state index contributed by atoms with van der Waals surface area (Å²) in [6.07, 6.45) is 11.8. The number of anilines is 1. The molecule has 1 saturated carbocycles. The molecule has 184 valence electrons. The normalized spacial score (nSPS) is 24.1. The summed E-state index contributed by atoms with van der Waals surface area (Å²) in [5.41, 5.74) is 0. The molecule has 1 amide bonds. The van der Waals surface area contributed by atoms with Crippen molar-refractivity contribution in [2.24, 2.45) is 5.92 Å². The van der Waals surface area contributed by atoms with E-state index in [1.54, 1.807) is 16.4 Å². The monoisotopic (exact) mass is 478 g/mol. The van der Waals surface area contributed by atoms with Crippen molar-refractivity contribution in [2.45, 2.75) is 75.1 Å². The lowest BCUT2D eigenvalue weighted by Gasteiger charge is -2.35. The standard InChI is InChI=1S/C24H38N4O4S/c29-24(20-8-4-2-1-3-5-9-20)26-18-21-10-6-7-13-28(21)33(30,31)22-11-12-23(25-19-22)27-14-16-32-17-15-27/h11-12,19-21H,1-10,13-18H2,(H,26,29). The van der Waals surface area contributed by atoms with E-state index in [0.717, 1.165) is 63.9 Å². The number of carbonyl (C=O) groups excluding carboxylic acids is 1. The molecular formula is C24H38N4O4S. The Morgan fingerprint density at radius 2 is 1.67 bits per heavy atom. The van der Waals surface area contributed by atoms with Gasteiger partial charge in [-0.25, -0.2) is 13.4 Å². The first-order valence-electron chi connectivity index (χ1n) is 12.6. The molecule has 1 atom stereocenters. The Hall–Kier alpha value is -1.71. The van der Waals surface area contributed by atoms with Crippen molar-refractivity contribution < 1.29 is 17.9 Å². The molecule has 4 rings (SSSR count). The first-order valence-corrected chi connectivity index (χ1v) is 14.1. The van der Waals surface area contributed by atoms with Gasteiger partial charge in [0.15, 0.2) is 0 Å². The Balaban J connectivity index is 1.39. The summed E-state index contributed by atoms with van der Waals surface area (Å²) in [6.45, 7) is 3.70. The second-order valence-electron chi connectivity index (χ2n) is 9.50. The third kappa shape index (κ3) is 6.25. The van der Waals surface area contributed by atoms with Crippen molar-refractivity contribution in [1.82, 2.24) is 14.6 Å². The largest absolute Gasteiger partial charge is 0.378 e. The third-order valence-electron chi connectivity index (χ3n) is 7.22. The smallest absolute Gasteiger partial charge is 0.244 e. The fourth-order valence-corrected chi connectivity index (χ4v) is 6.85. The van der Waals surface area contributed by atoms with Crippen LogP contribution in [0.1, 0.15) is 64.2 Å². The average molecular weight is 479 g/mol. The molecule has 9 heteroatoms. The van der Waals surface area contributed by atoms with Crippen LogP contribution in [0.2, 0.25) is 0 Å². The van der Waals surface area contributed by atoms with Crippen molar-refractivity contribution in [3.8, 4) is 0 Å². The molecule has 1 aromatic rings.